The van der Waals surface area contributed by atoms with E-state index < -0.39 is 11.6 Å². The number of carbonyl (C=O) groups is 1. The molecule has 0 bridgehead atoms. The van der Waals surface area contributed by atoms with E-state index in [4.69, 9.17) is 10.00 Å². The number of ketones is 1. The molecule has 78 valence electrons. The average molecular weight is 207 g/mol. The van der Waals surface area contributed by atoms with Gasteiger partial charge in [0.25, 0.3) is 0 Å². The molecule has 0 saturated heterocycles. The second-order valence-corrected chi connectivity index (χ2v) is 2.93. The van der Waals surface area contributed by atoms with Gasteiger partial charge in [0, 0.05) is 0 Å². The Bertz CT molecular complexity index is 435. The maximum absolute atomic E-state index is 13.4. The van der Waals surface area contributed by atoms with Gasteiger partial charge in [-0.2, -0.15) is 5.26 Å². The Labute approximate surface area is 87.1 Å². The van der Waals surface area contributed by atoms with Crippen molar-refractivity contribution in [1.29, 1.82) is 5.26 Å². The molecule has 1 rings (SSSR count). The zero-order valence-corrected chi connectivity index (χ0v) is 8.50. The van der Waals surface area contributed by atoms with Crippen LogP contribution in [0.15, 0.2) is 12.1 Å². The molecule has 1 aromatic carbocycles. The normalized spacial score (nSPS) is 9.47. The van der Waals surface area contributed by atoms with Crippen LogP contribution in [0.5, 0.6) is 5.75 Å². The van der Waals surface area contributed by atoms with Gasteiger partial charge in [0.15, 0.2) is 5.78 Å². The van der Waals surface area contributed by atoms with Crippen LogP contribution < -0.4 is 4.74 Å². The third-order valence-electron chi connectivity index (χ3n) is 1.84. The fourth-order valence-corrected chi connectivity index (χ4v) is 1.26. The molecule has 1 aromatic rings. The molecule has 0 aliphatic heterocycles. The van der Waals surface area contributed by atoms with Crippen LogP contribution in [-0.2, 0) is 0 Å². The summed E-state index contributed by atoms with van der Waals surface area (Å²) in [6, 6.07) is 4.19. The molecule has 0 spiro atoms. The van der Waals surface area contributed by atoms with Gasteiger partial charge in [0.2, 0.25) is 0 Å². The third kappa shape index (κ3) is 2.32. The van der Waals surface area contributed by atoms with Gasteiger partial charge < -0.3 is 4.74 Å². The first kappa shape index (κ1) is 11.2. The van der Waals surface area contributed by atoms with Crippen LogP contribution in [-0.4, -0.2) is 12.4 Å². The van der Waals surface area contributed by atoms with E-state index in [1.165, 1.54) is 13.0 Å². The summed E-state index contributed by atoms with van der Waals surface area (Å²) in [4.78, 5) is 11.2. The van der Waals surface area contributed by atoms with E-state index in [-0.39, 0.29) is 16.9 Å². The van der Waals surface area contributed by atoms with Crippen molar-refractivity contribution in [2.75, 3.05) is 6.61 Å². The van der Waals surface area contributed by atoms with Crippen LogP contribution in [0.4, 0.5) is 4.39 Å². The van der Waals surface area contributed by atoms with Crippen LogP contribution in [0, 0.1) is 17.1 Å². The van der Waals surface area contributed by atoms with E-state index in [1.807, 2.05) is 0 Å². The van der Waals surface area contributed by atoms with E-state index in [0.29, 0.717) is 6.61 Å². The summed E-state index contributed by atoms with van der Waals surface area (Å²) in [7, 11) is 0. The first-order valence-corrected chi connectivity index (χ1v) is 4.47. The summed E-state index contributed by atoms with van der Waals surface area (Å²) in [6.45, 7) is 3.29. The van der Waals surface area contributed by atoms with Gasteiger partial charge in [-0.3, -0.25) is 4.79 Å². The molecule has 15 heavy (non-hydrogen) atoms. The van der Waals surface area contributed by atoms with Gasteiger partial charge in [-0.05, 0) is 26.0 Å². The van der Waals surface area contributed by atoms with E-state index in [1.54, 1.807) is 13.0 Å². The van der Waals surface area contributed by atoms with Crippen molar-refractivity contribution in [2.24, 2.45) is 0 Å². The minimum atomic E-state index is -0.718. The zero-order chi connectivity index (χ0) is 11.4. The number of ether oxygens (including phenoxy) is 1. The predicted octanol–water partition coefficient (Wildman–Crippen LogP) is 2.30. The lowest BCUT2D eigenvalue weighted by Crippen LogP contribution is -2.04. The van der Waals surface area contributed by atoms with Gasteiger partial charge in [0.1, 0.15) is 11.6 Å². The van der Waals surface area contributed by atoms with E-state index >= 15 is 0 Å². The van der Waals surface area contributed by atoms with E-state index in [2.05, 4.69) is 0 Å². The van der Waals surface area contributed by atoms with Crippen LogP contribution in [0.2, 0.25) is 0 Å². The van der Waals surface area contributed by atoms with Crippen molar-refractivity contribution in [3.63, 3.8) is 0 Å². The summed E-state index contributed by atoms with van der Waals surface area (Å²) < 4.78 is 18.5. The smallest absolute Gasteiger partial charge is 0.166 e. The molecular formula is C11H10FNO2. The van der Waals surface area contributed by atoms with Crippen LogP contribution in [0.1, 0.15) is 29.8 Å². The number of nitriles is 1. The van der Waals surface area contributed by atoms with Crippen molar-refractivity contribution in [3.05, 3.63) is 29.1 Å². The Morgan fingerprint density at radius 1 is 1.60 bits per heavy atom. The minimum Gasteiger partial charge on any atom is -0.493 e. The second kappa shape index (κ2) is 4.56. The van der Waals surface area contributed by atoms with Crippen molar-refractivity contribution >= 4 is 5.78 Å². The van der Waals surface area contributed by atoms with Crippen molar-refractivity contribution in [1.82, 2.24) is 0 Å². The second-order valence-electron chi connectivity index (χ2n) is 2.93. The van der Waals surface area contributed by atoms with Gasteiger partial charge in [-0.25, -0.2) is 4.39 Å². The lowest BCUT2D eigenvalue weighted by atomic mass is 10.1. The van der Waals surface area contributed by atoms with Crippen LogP contribution >= 0.6 is 0 Å². The Hall–Kier alpha value is -1.89. The molecule has 0 N–H and O–H groups in total. The minimum absolute atomic E-state index is 0.101. The van der Waals surface area contributed by atoms with E-state index in [0.717, 1.165) is 6.07 Å². The number of rotatable bonds is 3. The maximum Gasteiger partial charge on any atom is 0.166 e. The summed E-state index contributed by atoms with van der Waals surface area (Å²) in [6.07, 6.45) is 0. The molecule has 0 unspecified atom stereocenters. The fourth-order valence-electron chi connectivity index (χ4n) is 1.26. The Morgan fingerprint density at radius 2 is 2.27 bits per heavy atom. The molecule has 0 saturated carbocycles. The Balaban J connectivity index is 3.36. The van der Waals surface area contributed by atoms with E-state index in [9.17, 15) is 9.18 Å². The Kier molecular flexibility index (Phi) is 3.40. The molecule has 0 amide bonds. The predicted molar refractivity (Wildman–Crippen MR) is 52.3 cm³/mol. The van der Waals surface area contributed by atoms with Crippen molar-refractivity contribution in [2.45, 2.75) is 13.8 Å². The maximum atomic E-state index is 13.4. The molecule has 0 aromatic heterocycles. The lowest BCUT2D eigenvalue weighted by molar-refractivity contribution is 0.101. The zero-order valence-electron chi connectivity index (χ0n) is 8.50. The topological polar surface area (TPSA) is 50.1 Å². The number of halogens is 1. The standard InChI is InChI=1S/C11H10FNO2/c1-3-15-10-5-8(6-13)4-9(12)11(10)7(2)14/h4-5H,3H2,1-2H3. The van der Waals surface area contributed by atoms with Gasteiger partial charge in [-0.1, -0.05) is 0 Å². The Morgan fingerprint density at radius 3 is 2.73 bits per heavy atom. The van der Waals surface area contributed by atoms with Crippen molar-refractivity contribution < 1.29 is 13.9 Å². The number of hydrogen-bond donors (Lipinski definition) is 0. The largest absolute Gasteiger partial charge is 0.493 e. The third-order valence-corrected chi connectivity index (χ3v) is 1.84. The number of nitrogens with zero attached hydrogens (tertiary/aromatic N) is 1. The lowest BCUT2D eigenvalue weighted by Gasteiger charge is -2.08. The highest BCUT2D eigenvalue weighted by Gasteiger charge is 2.15. The molecule has 0 fully saturated rings. The molecule has 0 radical (unpaired) electrons. The quantitative estimate of drug-likeness (QED) is 0.714. The highest BCUT2D eigenvalue weighted by Crippen LogP contribution is 2.24. The molecule has 0 heterocycles. The van der Waals surface area contributed by atoms with Crippen LogP contribution in [0.3, 0.4) is 0 Å². The first-order valence-electron chi connectivity index (χ1n) is 4.47. The van der Waals surface area contributed by atoms with Gasteiger partial charge >= 0.3 is 0 Å². The molecule has 0 aliphatic rings. The first-order chi connectivity index (χ1) is 7.10. The van der Waals surface area contributed by atoms with Gasteiger partial charge in [0.05, 0.1) is 23.8 Å². The summed E-state index contributed by atoms with van der Waals surface area (Å²) in [5.74, 6) is -1.01. The number of Topliss-reactive ketones (excluding diaryl/α,β-unsaturated/α-hetero) is 1. The monoisotopic (exact) mass is 207 g/mol. The SMILES string of the molecule is CCOc1cc(C#N)cc(F)c1C(C)=O. The summed E-state index contributed by atoms with van der Waals surface area (Å²) >= 11 is 0. The fraction of sp³-hybridized carbons (Fsp3) is 0.273. The average Bonchev–Trinajstić information content (AvgIpc) is 2.16. The molecule has 0 aliphatic carbocycles. The summed E-state index contributed by atoms with van der Waals surface area (Å²) in [5, 5.41) is 8.63. The highest BCUT2D eigenvalue weighted by molar-refractivity contribution is 5.97. The summed E-state index contributed by atoms with van der Waals surface area (Å²) in [5.41, 5.74) is 0.0387. The number of hydrogen-bond acceptors (Lipinski definition) is 3. The molecular weight excluding hydrogens is 197 g/mol. The highest BCUT2D eigenvalue weighted by atomic mass is 19.1. The number of benzene rings is 1. The molecule has 0 atom stereocenters. The molecule has 3 nitrogen and oxygen atoms in total. The van der Waals surface area contributed by atoms with Crippen LogP contribution in [0.25, 0.3) is 0 Å². The molecule has 4 heteroatoms. The van der Waals surface area contributed by atoms with Crippen molar-refractivity contribution in [3.8, 4) is 11.8 Å². The number of carbonyl (C=O) groups excluding carboxylic acids is 1. The van der Waals surface area contributed by atoms with Gasteiger partial charge in [-0.15, -0.1) is 0 Å².